The highest BCUT2D eigenvalue weighted by atomic mass is 32.2. The van der Waals surface area contributed by atoms with Gasteiger partial charge in [-0.1, -0.05) is 13.3 Å². The van der Waals surface area contributed by atoms with Crippen LogP contribution in [0, 0.1) is 0 Å². The molecule has 1 amide bonds. The molecule has 1 rings (SSSR count). The van der Waals surface area contributed by atoms with Gasteiger partial charge in [-0.2, -0.15) is 0 Å². The second-order valence-electron chi connectivity index (χ2n) is 5.10. The highest BCUT2D eigenvalue weighted by Crippen LogP contribution is 2.12. The van der Waals surface area contributed by atoms with Gasteiger partial charge in [0, 0.05) is 32.7 Å². The molecule has 1 aliphatic rings. The van der Waals surface area contributed by atoms with Crippen molar-refractivity contribution in [2.45, 2.75) is 38.4 Å². The summed E-state index contributed by atoms with van der Waals surface area (Å²) in [6.07, 6.45) is 3.45. The van der Waals surface area contributed by atoms with Crippen LogP contribution in [0.25, 0.3) is 0 Å². The first-order valence-electron chi connectivity index (χ1n) is 7.56. The van der Waals surface area contributed by atoms with E-state index >= 15 is 0 Å². The summed E-state index contributed by atoms with van der Waals surface area (Å²) < 4.78 is 0. The van der Waals surface area contributed by atoms with Gasteiger partial charge < -0.3 is 15.5 Å². The number of thioether (sulfide) groups is 1. The van der Waals surface area contributed by atoms with Gasteiger partial charge >= 0.3 is 0 Å². The van der Waals surface area contributed by atoms with Gasteiger partial charge in [0.05, 0.1) is 5.25 Å². The van der Waals surface area contributed by atoms with Crippen molar-refractivity contribution in [3.05, 3.63) is 0 Å². The van der Waals surface area contributed by atoms with E-state index in [1.54, 1.807) is 11.8 Å². The Morgan fingerprint density at radius 2 is 2.11 bits per heavy atom. The molecule has 4 nitrogen and oxygen atoms in total. The third-order valence-electron chi connectivity index (χ3n) is 3.39. The van der Waals surface area contributed by atoms with Crippen molar-refractivity contribution >= 4 is 17.7 Å². The summed E-state index contributed by atoms with van der Waals surface area (Å²) in [6.45, 7) is 10.6. The van der Waals surface area contributed by atoms with Gasteiger partial charge in [-0.05, 0) is 32.1 Å². The molecule has 1 saturated heterocycles. The molecule has 0 saturated carbocycles. The maximum absolute atomic E-state index is 11.8. The number of carbonyl (C=O) groups is 1. The zero-order valence-corrected chi connectivity index (χ0v) is 13.2. The molecule has 0 bridgehead atoms. The quantitative estimate of drug-likeness (QED) is 0.628. The maximum atomic E-state index is 11.8. The number of piperazine rings is 1. The summed E-state index contributed by atoms with van der Waals surface area (Å²) in [4.78, 5) is 14.3. The molecule has 1 fully saturated rings. The SMILES string of the molecule is CCCCSC(C)C(=O)NCCCN1CCNCC1. The van der Waals surface area contributed by atoms with Gasteiger partial charge in [0.2, 0.25) is 5.91 Å². The minimum Gasteiger partial charge on any atom is -0.355 e. The van der Waals surface area contributed by atoms with Crippen LogP contribution in [0.15, 0.2) is 0 Å². The Morgan fingerprint density at radius 1 is 1.37 bits per heavy atom. The van der Waals surface area contributed by atoms with Crippen molar-refractivity contribution in [2.24, 2.45) is 0 Å². The second-order valence-corrected chi connectivity index (χ2v) is 6.55. The fourth-order valence-electron chi connectivity index (χ4n) is 2.07. The first kappa shape index (κ1) is 16.8. The van der Waals surface area contributed by atoms with E-state index in [1.165, 1.54) is 12.8 Å². The standard InChI is InChI=1S/C14H29N3OS/c1-3-4-12-19-13(2)14(18)16-6-5-9-17-10-7-15-8-11-17/h13,15H,3-12H2,1-2H3,(H,16,18). The third-order valence-corrected chi connectivity index (χ3v) is 4.63. The Kier molecular flexibility index (Phi) is 9.30. The van der Waals surface area contributed by atoms with Crippen LogP contribution in [0.2, 0.25) is 0 Å². The predicted molar refractivity (Wildman–Crippen MR) is 83.8 cm³/mol. The van der Waals surface area contributed by atoms with E-state index in [0.29, 0.717) is 0 Å². The van der Waals surface area contributed by atoms with Crippen LogP contribution in [-0.4, -0.2) is 61.1 Å². The Morgan fingerprint density at radius 3 is 2.79 bits per heavy atom. The fourth-order valence-corrected chi connectivity index (χ4v) is 3.12. The molecule has 19 heavy (non-hydrogen) atoms. The first-order valence-corrected chi connectivity index (χ1v) is 8.61. The Hall–Kier alpha value is -0.260. The normalized spacial score (nSPS) is 18.2. The van der Waals surface area contributed by atoms with E-state index in [4.69, 9.17) is 0 Å². The molecule has 0 spiro atoms. The summed E-state index contributed by atoms with van der Waals surface area (Å²) >= 11 is 1.76. The number of unbranched alkanes of at least 4 members (excludes halogenated alkanes) is 1. The van der Waals surface area contributed by atoms with Crippen molar-refractivity contribution in [1.29, 1.82) is 0 Å². The molecule has 0 aromatic rings. The molecule has 0 aliphatic carbocycles. The monoisotopic (exact) mass is 287 g/mol. The van der Waals surface area contributed by atoms with Crippen LogP contribution in [0.3, 0.4) is 0 Å². The maximum Gasteiger partial charge on any atom is 0.232 e. The second kappa shape index (κ2) is 10.5. The molecule has 1 unspecified atom stereocenters. The lowest BCUT2D eigenvalue weighted by Crippen LogP contribution is -2.44. The average molecular weight is 287 g/mol. The zero-order chi connectivity index (χ0) is 13.9. The van der Waals surface area contributed by atoms with E-state index in [0.717, 1.165) is 51.4 Å². The van der Waals surface area contributed by atoms with Crippen LogP contribution < -0.4 is 10.6 Å². The number of rotatable bonds is 9. The molecule has 0 radical (unpaired) electrons. The third kappa shape index (κ3) is 7.80. The lowest BCUT2D eigenvalue weighted by molar-refractivity contribution is -0.120. The number of carbonyl (C=O) groups excluding carboxylic acids is 1. The molecule has 1 atom stereocenters. The largest absolute Gasteiger partial charge is 0.355 e. The number of nitrogens with one attached hydrogen (secondary N) is 2. The average Bonchev–Trinajstić information content (AvgIpc) is 2.44. The first-order chi connectivity index (χ1) is 9.24. The minimum absolute atomic E-state index is 0.0886. The Labute approximate surface area is 122 Å². The van der Waals surface area contributed by atoms with Gasteiger partial charge in [-0.15, -0.1) is 11.8 Å². The zero-order valence-electron chi connectivity index (χ0n) is 12.4. The van der Waals surface area contributed by atoms with E-state index in [9.17, 15) is 4.79 Å². The number of hydrogen-bond donors (Lipinski definition) is 2. The lowest BCUT2D eigenvalue weighted by atomic mass is 10.3. The summed E-state index contributed by atoms with van der Waals surface area (Å²) in [6, 6.07) is 0. The van der Waals surface area contributed by atoms with Crippen LogP contribution >= 0.6 is 11.8 Å². The molecule has 5 heteroatoms. The molecule has 0 aromatic carbocycles. The van der Waals surface area contributed by atoms with Crippen LogP contribution in [0.4, 0.5) is 0 Å². The van der Waals surface area contributed by atoms with Gasteiger partial charge in [-0.3, -0.25) is 4.79 Å². The molecular formula is C14H29N3OS. The predicted octanol–water partition coefficient (Wildman–Crippen LogP) is 1.32. The number of nitrogens with zero attached hydrogens (tertiary/aromatic N) is 1. The van der Waals surface area contributed by atoms with E-state index < -0.39 is 0 Å². The summed E-state index contributed by atoms with van der Waals surface area (Å²) in [5, 5.41) is 6.48. The van der Waals surface area contributed by atoms with Crippen molar-refractivity contribution in [3.63, 3.8) is 0 Å². The highest BCUT2D eigenvalue weighted by molar-refractivity contribution is 8.00. The Balaban J connectivity index is 1.99. The van der Waals surface area contributed by atoms with E-state index in [1.807, 2.05) is 6.92 Å². The fraction of sp³-hybridized carbons (Fsp3) is 0.929. The molecule has 0 aromatic heterocycles. The highest BCUT2D eigenvalue weighted by Gasteiger charge is 2.13. The van der Waals surface area contributed by atoms with Crippen molar-refractivity contribution in [3.8, 4) is 0 Å². The van der Waals surface area contributed by atoms with Crippen LogP contribution in [0.5, 0.6) is 0 Å². The summed E-state index contributed by atoms with van der Waals surface area (Å²) in [5.74, 6) is 1.28. The van der Waals surface area contributed by atoms with Gasteiger partial charge in [-0.25, -0.2) is 0 Å². The van der Waals surface area contributed by atoms with E-state index in [-0.39, 0.29) is 11.2 Å². The van der Waals surface area contributed by atoms with Gasteiger partial charge in [0.25, 0.3) is 0 Å². The van der Waals surface area contributed by atoms with Crippen molar-refractivity contribution < 1.29 is 4.79 Å². The number of amides is 1. The van der Waals surface area contributed by atoms with Gasteiger partial charge in [0.1, 0.15) is 0 Å². The minimum atomic E-state index is 0.0886. The molecular weight excluding hydrogens is 258 g/mol. The molecule has 2 N–H and O–H groups in total. The molecule has 112 valence electrons. The lowest BCUT2D eigenvalue weighted by Gasteiger charge is -2.27. The summed E-state index contributed by atoms with van der Waals surface area (Å²) in [7, 11) is 0. The van der Waals surface area contributed by atoms with Crippen LogP contribution in [0.1, 0.15) is 33.1 Å². The summed E-state index contributed by atoms with van der Waals surface area (Å²) in [5.41, 5.74) is 0. The topological polar surface area (TPSA) is 44.4 Å². The molecule has 1 aliphatic heterocycles. The number of hydrogen-bond acceptors (Lipinski definition) is 4. The smallest absolute Gasteiger partial charge is 0.232 e. The van der Waals surface area contributed by atoms with Gasteiger partial charge in [0.15, 0.2) is 0 Å². The van der Waals surface area contributed by atoms with E-state index in [2.05, 4.69) is 22.5 Å². The van der Waals surface area contributed by atoms with Crippen molar-refractivity contribution in [1.82, 2.24) is 15.5 Å². The Bertz CT molecular complexity index is 245. The van der Waals surface area contributed by atoms with Crippen molar-refractivity contribution in [2.75, 3.05) is 45.0 Å². The molecule has 1 heterocycles. The van der Waals surface area contributed by atoms with Crippen LogP contribution in [-0.2, 0) is 4.79 Å².